The van der Waals surface area contributed by atoms with Crippen LogP contribution in [0.3, 0.4) is 0 Å². The number of ether oxygens (including phenoxy) is 5. The molecule has 7 heteroatoms. The number of fused-ring (bicyclic) bond motifs is 1. The molecule has 4 aliphatic carbocycles. The smallest absolute Gasteiger partial charge is 0.213 e. The van der Waals surface area contributed by atoms with E-state index in [0.29, 0.717) is 24.7 Å². The molecular formula is C30H42O7. The first-order valence-corrected chi connectivity index (χ1v) is 14.3. The molecule has 0 aromatic rings. The molecule has 8 aliphatic rings. The van der Waals surface area contributed by atoms with Gasteiger partial charge >= 0.3 is 0 Å². The van der Waals surface area contributed by atoms with Gasteiger partial charge in [0, 0.05) is 18.3 Å². The molecule has 4 heterocycles. The van der Waals surface area contributed by atoms with E-state index in [1.165, 1.54) is 5.57 Å². The van der Waals surface area contributed by atoms with Crippen molar-refractivity contribution in [3.05, 3.63) is 23.5 Å². The van der Waals surface area contributed by atoms with Crippen LogP contribution in [-0.2, 0) is 28.5 Å². The monoisotopic (exact) mass is 514 g/mol. The summed E-state index contributed by atoms with van der Waals surface area (Å²) in [5.74, 6) is -1.63. The number of Topliss-reactive ketones (excluding diaryl/α,β-unsaturated/α-hetero) is 1. The van der Waals surface area contributed by atoms with E-state index >= 15 is 0 Å². The molecule has 7 nitrogen and oxygen atoms in total. The summed E-state index contributed by atoms with van der Waals surface area (Å²) in [5.41, 5.74) is -0.153. The molecule has 37 heavy (non-hydrogen) atoms. The van der Waals surface area contributed by atoms with Crippen LogP contribution in [-0.4, -0.2) is 54.2 Å². The fraction of sp³-hybridized carbons (Fsp3) is 0.833. The highest BCUT2D eigenvalue weighted by Gasteiger charge is 2.90. The van der Waals surface area contributed by atoms with Crippen molar-refractivity contribution >= 4 is 5.78 Å². The second-order valence-corrected chi connectivity index (χ2v) is 14.3. The minimum absolute atomic E-state index is 0.0500. The van der Waals surface area contributed by atoms with E-state index in [4.69, 9.17) is 23.7 Å². The normalized spacial score (nSPS) is 50.5. The van der Waals surface area contributed by atoms with E-state index < -0.39 is 34.6 Å². The van der Waals surface area contributed by atoms with Crippen molar-refractivity contribution in [2.45, 2.75) is 104 Å². The van der Waals surface area contributed by atoms with Gasteiger partial charge in [-0.1, -0.05) is 34.3 Å². The summed E-state index contributed by atoms with van der Waals surface area (Å²) in [6.45, 7) is 17.7. The average Bonchev–Trinajstić information content (AvgIpc) is 2.92. The first kappa shape index (κ1) is 24.8. The van der Waals surface area contributed by atoms with Gasteiger partial charge in [0.15, 0.2) is 17.9 Å². The molecule has 4 bridgehead atoms. The van der Waals surface area contributed by atoms with E-state index in [0.717, 1.165) is 37.9 Å². The topological polar surface area (TPSA) is 83.5 Å². The molecule has 4 aliphatic heterocycles. The van der Waals surface area contributed by atoms with Gasteiger partial charge < -0.3 is 28.8 Å². The maximum Gasteiger partial charge on any atom is 0.213 e. The van der Waals surface area contributed by atoms with Crippen LogP contribution in [0.4, 0.5) is 0 Å². The lowest BCUT2D eigenvalue weighted by Gasteiger charge is -2.77. The number of hydrogen-bond donors (Lipinski definition) is 1. The summed E-state index contributed by atoms with van der Waals surface area (Å²) >= 11 is 0. The zero-order valence-corrected chi connectivity index (χ0v) is 23.1. The van der Waals surface area contributed by atoms with Crippen molar-refractivity contribution in [1.29, 1.82) is 0 Å². The van der Waals surface area contributed by atoms with Gasteiger partial charge in [-0.2, -0.15) is 0 Å². The number of aliphatic hydroxyl groups is 1. The predicted molar refractivity (Wildman–Crippen MR) is 134 cm³/mol. The lowest BCUT2D eigenvalue weighted by atomic mass is 9.36. The predicted octanol–water partition coefficient (Wildman–Crippen LogP) is 4.49. The third kappa shape index (κ3) is 2.69. The van der Waals surface area contributed by atoms with Crippen LogP contribution in [0.25, 0.3) is 0 Å². The molecule has 0 amide bonds. The van der Waals surface area contributed by atoms with E-state index in [-0.39, 0.29) is 35.2 Å². The molecule has 0 aromatic heterocycles. The first-order chi connectivity index (χ1) is 17.3. The highest BCUT2D eigenvalue weighted by atomic mass is 16.8. The molecule has 9 atom stereocenters. The average molecular weight is 515 g/mol. The van der Waals surface area contributed by atoms with Gasteiger partial charge in [-0.05, 0) is 67.9 Å². The van der Waals surface area contributed by atoms with Gasteiger partial charge in [-0.25, -0.2) is 0 Å². The molecule has 0 radical (unpaired) electrons. The minimum atomic E-state index is -1.47. The SMILES string of the molecule is C=C1C(=O)[C@@]23[C@@H]4OC(C)(C)OC25OC[C@]2(C6=C(CC[C@@H](OCC(C)C)O6)CC(C)(C)[C@H]2[C@@H]5O)[C@@H]3CC[C@@H]14. The Morgan fingerprint density at radius 1 is 1.16 bits per heavy atom. The Kier molecular flexibility index (Phi) is 4.87. The highest BCUT2D eigenvalue weighted by Crippen LogP contribution is 2.80. The fourth-order valence-corrected chi connectivity index (χ4v) is 10.1. The number of rotatable bonds is 3. The number of carbonyl (C=O) groups excluding carboxylic acids is 1. The van der Waals surface area contributed by atoms with Crippen molar-refractivity contribution in [3.8, 4) is 0 Å². The number of carbonyl (C=O) groups is 1. The van der Waals surface area contributed by atoms with Crippen LogP contribution in [0.2, 0.25) is 0 Å². The van der Waals surface area contributed by atoms with Crippen LogP contribution in [0.1, 0.15) is 73.6 Å². The number of hydrogen-bond acceptors (Lipinski definition) is 7. The van der Waals surface area contributed by atoms with Gasteiger partial charge in [0.25, 0.3) is 0 Å². The first-order valence-electron chi connectivity index (χ1n) is 14.3. The Labute approximate surface area is 219 Å². The standard InChI is InChI=1S/C30H42O7/c1-15(2)13-33-20-11-8-17-12-26(4,5)21-23(32)30-29-19(28(21,14-34-30)24(17)35-20)10-9-18(16(3)22(29)31)25(29)36-27(6,7)37-30/h15,18-21,23,25,32H,3,8-14H2,1-2,4-7H3/t18-,19-,20-,21+,23-,25+,28-,29-,30?/m0/s1. The third-order valence-electron chi connectivity index (χ3n) is 10.8. The van der Waals surface area contributed by atoms with Gasteiger partial charge in [0.2, 0.25) is 5.79 Å². The van der Waals surface area contributed by atoms with E-state index in [2.05, 4.69) is 34.3 Å². The summed E-state index contributed by atoms with van der Waals surface area (Å²) in [4.78, 5) is 14.4. The zero-order valence-electron chi connectivity index (χ0n) is 23.1. The second-order valence-electron chi connectivity index (χ2n) is 14.3. The van der Waals surface area contributed by atoms with Crippen molar-refractivity contribution in [1.82, 2.24) is 0 Å². The van der Waals surface area contributed by atoms with Crippen LogP contribution in [0.5, 0.6) is 0 Å². The Bertz CT molecular complexity index is 1110. The molecular weight excluding hydrogens is 472 g/mol. The van der Waals surface area contributed by atoms with E-state index in [9.17, 15) is 9.90 Å². The summed E-state index contributed by atoms with van der Waals surface area (Å²) in [5, 5.41) is 12.5. The van der Waals surface area contributed by atoms with E-state index in [1.807, 2.05) is 13.8 Å². The fourth-order valence-electron chi connectivity index (χ4n) is 10.1. The van der Waals surface area contributed by atoms with Gasteiger partial charge in [-0.15, -0.1) is 0 Å². The third-order valence-corrected chi connectivity index (χ3v) is 10.8. The van der Waals surface area contributed by atoms with Crippen LogP contribution >= 0.6 is 0 Å². The molecule has 6 fully saturated rings. The Hall–Kier alpha value is -1.25. The van der Waals surface area contributed by atoms with Crippen molar-refractivity contribution < 1.29 is 33.6 Å². The van der Waals surface area contributed by atoms with Crippen LogP contribution < -0.4 is 0 Å². The van der Waals surface area contributed by atoms with Gasteiger partial charge in [-0.3, -0.25) is 4.79 Å². The highest BCUT2D eigenvalue weighted by molar-refractivity contribution is 6.05. The number of allylic oxidation sites excluding steroid dienone is 1. The molecule has 1 N–H and O–H groups in total. The summed E-state index contributed by atoms with van der Waals surface area (Å²) < 4.78 is 33.0. The van der Waals surface area contributed by atoms with Crippen LogP contribution in [0, 0.1) is 39.9 Å². The van der Waals surface area contributed by atoms with Crippen molar-refractivity contribution in [2.75, 3.05) is 13.2 Å². The van der Waals surface area contributed by atoms with Crippen LogP contribution in [0.15, 0.2) is 23.5 Å². The molecule has 204 valence electrons. The van der Waals surface area contributed by atoms with Gasteiger partial charge in [0.05, 0.1) is 24.7 Å². The molecule has 0 aromatic carbocycles. The van der Waals surface area contributed by atoms with Gasteiger partial charge in [0.1, 0.15) is 17.3 Å². The molecule has 3 spiro atoms. The second kappa shape index (κ2) is 7.28. The van der Waals surface area contributed by atoms with Crippen molar-refractivity contribution in [2.24, 2.45) is 39.9 Å². The summed E-state index contributed by atoms with van der Waals surface area (Å²) in [6, 6.07) is 0. The Balaban J connectivity index is 1.44. The van der Waals surface area contributed by atoms with E-state index in [1.54, 1.807) is 0 Å². The summed E-state index contributed by atoms with van der Waals surface area (Å²) in [7, 11) is 0. The number of aliphatic hydroxyl groups excluding tert-OH is 1. The lowest BCUT2D eigenvalue weighted by molar-refractivity contribution is -0.527. The molecule has 8 rings (SSSR count). The Morgan fingerprint density at radius 3 is 2.65 bits per heavy atom. The molecule has 3 saturated carbocycles. The summed E-state index contributed by atoms with van der Waals surface area (Å²) in [6.07, 6.45) is 2.41. The lowest BCUT2D eigenvalue weighted by Crippen LogP contribution is -2.87. The minimum Gasteiger partial charge on any atom is -0.469 e. The molecule has 3 saturated heterocycles. The maximum atomic E-state index is 14.4. The Morgan fingerprint density at radius 2 is 1.92 bits per heavy atom. The molecule has 1 unspecified atom stereocenters. The quantitative estimate of drug-likeness (QED) is 0.556. The zero-order chi connectivity index (χ0) is 26.3. The maximum absolute atomic E-state index is 14.4. The van der Waals surface area contributed by atoms with Crippen molar-refractivity contribution in [3.63, 3.8) is 0 Å². The largest absolute Gasteiger partial charge is 0.469 e. The number of ketones is 1.